The van der Waals surface area contributed by atoms with Crippen LogP contribution in [0.1, 0.15) is 28.5 Å². The standard InChI is InChI=1S/C12H17N3O3/c1-7-6-8(2)15-11(10(7)12(17)18)14-5-4-13-9(3)16/h6H,4-5H2,1-3H3,(H,13,16)(H,14,15)(H,17,18). The molecule has 18 heavy (non-hydrogen) atoms. The highest BCUT2D eigenvalue weighted by Crippen LogP contribution is 2.18. The van der Waals surface area contributed by atoms with E-state index in [4.69, 9.17) is 5.11 Å². The molecule has 1 aromatic rings. The summed E-state index contributed by atoms with van der Waals surface area (Å²) in [4.78, 5) is 26.0. The molecule has 0 aromatic carbocycles. The summed E-state index contributed by atoms with van der Waals surface area (Å²) in [5.74, 6) is -0.795. The number of aryl methyl sites for hydroxylation is 2. The fourth-order valence-electron chi connectivity index (χ4n) is 1.65. The Morgan fingerprint density at radius 3 is 2.56 bits per heavy atom. The highest BCUT2D eigenvalue weighted by Gasteiger charge is 2.15. The SMILES string of the molecule is CC(=O)NCCNc1nc(C)cc(C)c1C(=O)O. The van der Waals surface area contributed by atoms with Gasteiger partial charge >= 0.3 is 5.97 Å². The number of pyridine rings is 1. The summed E-state index contributed by atoms with van der Waals surface area (Å²) in [6, 6.07) is 1.72. The van der Waals surface area contributed by atoms with Crippen molar-refractivity contribution in [3.63, 3.8) is 0 Å². The number of amides is 1. The highest BCUT2D eigenvalue weighted by molar-refractivity contribution is 5.94. The van der Waals surface area contributed by atoms with Crippen molar-refractivity contribution >= 4 is 17.7 Å². The minimum absolute atomic E-state index is 0.122. The predicted molar refractivity (Wildman–Crippen MR) is 67.8 cm³/mol. The Morgan fingerprint density at radius 1 is 1.33 bits per heavy atom. The second-order valence-corrected chi connectivity index (χ2v) is 4.02. The average molecular weight is 251 g/mol. The zero-order valence-electron chi connectivity index (χ0n) is 10.7. The first-order valence-corrected chi connectivity index (χ1v) is 5.61. The molecule has 6 nitrogen and oxygen atoms in total. The first kappa shape index (κ1) is 14.0. The lowest BCUT2D eigenvalue weighted by Gasteiger charge is -2.12. The maximum atomic E-state index is 11.1. The van der Waals surface area contributed by atoms with Gasteiger partial charge in [0.2, 0.25) is 5.91 Å². The van der Waals surface area contributed by atoms with Gasteiger partial charge in [-0.15, -0.1) is 0 Å². The maximum Gasteiger partial charge on any atom is 0.339 e. The fourth-order valence-corrected chi connectivity index (χ4v) is 1.65. The number of hydrogen-bond donors (Lipinski definition) is 3. The summed E-state index contributed by atoms with van der Waals surface area (Å²) in [5, 5.41) is 14.7. The summed E-state index contributed by atoms with van der Waals surface area (Å²) >= 11 is 0. The normalized spacial score (nSPS) is 9.94. The zero-order valence-corrected chi connectivity index (χ0v) is 10.7. The topological polar surface area (TPSA) is 91.3 Å². The Balaban J connectivity index is 2.80. The lowest BCUT2D eigenvalue weighted by atomic mass is 10.1. The number of carboxylic acids is 1. The van der Waals surface area contributed by atoms with Crippen molar-refractivity contribution in [2.45, 2.75) is 20.8 Å². The van der Waals surface area contributed by atoms with E-state index in [0.717, 1.165) is 5.69 Å². The summed E-state index contributed by atoms with van der Waals surface area (Å²) in [7, 11) is 0. The highest BCUT2D eigenvalue weighted by atomic mass is 16.4. The third kappa shape index (κ3) is 3.73. The van der Waals surface area contributed by atoms with Gasteiger partial charge in [-0.05, 0) is 25.5 Å². The molecular weight excluding hydrogens is 234 g/mol. The van der Waals surface area contributed by atoms with E-state index < -0.39 is 5.97 Å². The molecule has 0 bridgehead atoms. The third-order valence-corrected chi connectivity index (χ3v) is 2.35. The Morgan fingerprint density at radius 2 is 2.00 bits per heavy atom. The van der Waals surface area contributed by atoms with Crippen LogP contribution < -0.4 is 10.6 Å². The monoisotopic (exact) mass is 251 g/mol. The predicted octanol–water partition coefficient (Wildman–Crippen LogP) is 0.945. The van der Waals surface area contributed by atoms with Gasteiger partial charge in [0.15, 0.2) is 0 Å². The van der Waals surface area contributed by atoms with E-state index in [2.05, 4.69) is 15.6 Å². The molecule has 1 heterocycles. The van der Waals surface area contributed by atoms with Gasteiger partial charge in [0.1, 0.15) is 11.4 Å². The number of hydrogen-bond acceptors (Lipinski definition) is 4. The molecule has 3 N–H and O–H groups in total. The molecule has 1 rings (SSSR count). The molecule has 0 unspecified atom stereocenters. The molecule has 6 heteroatoms. The van der Waals surface area contributed by atoms with Gasteiger partial charge in [-0.1, -0.05) is 0 Å². The van der Waals surface area contributed by atoms with Crippen LogP contribution in [0.3, 0.4) is 0 Å². The molecule has 0 radical (unpaired) electrons. The van der Waals surface area contributed by atoms with Gasteiger partial charge in [-0.3, -0.25) is 4.79 Å². The van der Waals surface area contributed by atoms with Crippen molar-refractivity contribution in [3.05, 3.63) is 22.9 Å². The Bertz CT molecular complexity index is 472. The van der Waals surface area contributed by atoms with Crippen molar-refractivity contribution in [1.82, 2.24) is 10.3 Å². The van der Waals surface area contributed by atoms with Crippen molar-refractivity contribution < 1.29 is 14.7 Å². The molecule has 0 aliphatic rings. The number of carboxylic acid groups (broad SMARTS) is 1. The minimum atomic E-state index is -1.01. The van der Waals surface area contributed by atoms with E-state index in [9.17, 15) is 9.59 Å². The van der Waals surface area contributed by atoms with Crippen molar-refractivity contribution in [2.75, 3.05) is 18.4 Å². The molecule has 0 spiro atoms. The van der Waals surface area contributed by atoms with Crippen molar-refractivity contribution in [3.8, 4) is 0 Å². The van der Waals surface area contributed by atoms with Crippen LogP contribution in [0.2, 0.25) is 0 Å². The largest absolute Gasteiger partial charge is 0.478 e. The summed E-state index contributed by atoms with van der Waals surface area (Å²) in [6.45, 7) is 5.81. The second-order valence-electron chi connectivity index (χ2n) is 4.02. The Hall–Kier alpha value is -2.11. The van der Waals surface area contributed by atoms with Crippen LogP contribution in [-0.2, 0) is 4.79 Å². The number of carbonyl (C=O) groups is 2. The lowest BCUT2D eigenvalue weighted by molar-refractivity contribution is -0.118. The molecule has 98 valence electrons. The molecular formula is C12H17N3O3. The van der Waals surface area contributed by atoms with Gasteiger partial charge in [-0.25, -0.2) is 9.78 Å². The molecule has 0 aliphatic heterocycles. The number of nitrogens with zero attached hydrogens (tertiary/aromatic N) is 1. The van der Waals surface area contributed by atoms with Crippen LogP contribution in [0, 0.1) is 13.8 Å². The minimum Gasteiger partial charge on any atom is -0.478 e. The average Bonchev–Trinajstić information content (AvgIpc) is 2.22. The quantitative estimate of drug-likeness (QED) is 0.677. The van der Waals surface area contributed by atoms with Gasteiger partial charge in [0.05, 0.1) is 0 Å². The summed E-state index contributed by atoms with van der Waals surface area (Å²) < 4.78 is 0. The molecule has 0 atom stereocenters. The molecule has 0 aliphatic carbocycles. The van der Waals surface area contributed by atoms with Crippen LogP contribution in [0.4, 0.5) is 5.82 Å². The molecule has 0 saturated carbocycles. The fraction of sp³-hybridized carbons (Fsp3) is 0.417. The second kappa shape index (κ2) is 6.00. The van der Waals surface area contributed by atoms with Crippen molar-refractivity contribution in [2.24, 2.45) is 0 Å². The third-order valence-electron chi connectivity index (χ3n) is 2.35. The Labute approximate surface area is 105 Å². The number of rotatable bonds is 5. The van der Waals surface area contributed by atoms with Crippen LogP contribution in [0.15, 0.2) is 6.07 Å². The van der Waals surface area contributed by atoms with E-state index in [1.165, 1.54) is 6.92 Å². The van der Waals surface area contributed by atoms with Crippen LogP contribution in [0.25, 0.3) is 0 Å². The van der Waals surface area contributed by atoms with Crippen molar-refractivity contribution in [1.29, 1.82) is 0 Å². The molecule has 1 amide bonds. The van der Waals surface area contributed by atoms with E-state index in [0.29, 0.717) is 24.5 Å². The lowest BCUT2D eigenvalue weighted by Crippen LogP contribution is -2.27. The van der Waals surface area contributed by atoms with Gasteiger partial charge in [-0.2, -0.15) is 0 Å². The van der Waals surface area contributed by atoms with Crippen LogP contribution in [0.5, 0.6) is 0 Å². The van der Waals surface area contributed by atoms with E-state index in [1.807, 2.05) is 0 Å². The number of aromatic carboxylic acids is 1. The number of nitrogens with one attached hydrogen (secondary N) is 2. The number of carbonyl (C=O) groups excluding carboxylic acids is 1. The van der Waals surface area contributed by atoms with Crippen LogP contribution >= 0.6 is 0 Å². The number of aromatic nitrogens is 1. The van der Waals surface area contributed by atoms with Gasteiger partial charge in [0, 0.05) is 25.7 Å². The van der Waals surface area contributed by atoms with Crippen LogP contribution in [-0.4, -0.2) is 35.1 Å². The smallest absolute Gasteiger partial charge is 0.339 e. The molecule has 1 aromatic heterocycles. The van der Waals surface area contributed by atoms with Gasteiger partial charge in [0.25, 0.3) is 0 Å². The molecule has 0 fully saturated rings. The summed E-state index contributed by atoms with van der Waals surface area (Å²) in [5.41, 5.74) is 1.58. The van der Waals surface area contributed by atoms with E-state index >= 15 is 0 Å². The number of anilines is 1. The zero-order chi connectivity index (χ0) is 13.7. The molecule has 0 saturated heterocycles. The maximum absolute atomic E-state index is 11.1. The first-order chi connectivity index (χ1) is 8.41. The first-order valence-electron chi connectivity index (χ1n) is 5.61. The van der Waals surface area contributed by atoms with Gasteiger partial charge < -0.3 is 15.7 Å². The van der Waals surface area contributed by atoms with E-state index in [-0.39, 0.29) is 11.5 Å². The summed E-state index contributed by atoms with van der Waals surface area (Å²) in [6.07, 6.45) is 0. The van der Waals surface area contributed by atoms with E-state index in [1.54, 1.807) is 19.9 Å². The Kier molecular flexibility index (Phi) is 4.65.